The van der Waals surface area contributed by atoms with Crippen LogP contribution in [0.4, 0.5) is 5.69 Å². The van der Waals surface area contributed by atoms with Crippen molar-refractivity contribution in [2.45, 2.75) is 0 Å². The minimum atomic E-state index is 0.387. The third kappa shape index (κ3) is 3.16. The number of fused-ring (bicyclic) bond motifs is 1. The molecule has 0 unspecified atom stereocenters. The molecule has 0 bridgehead atoms. The van der Waals surface area contributed by atoms with Crippen LogP contribution in [-0.2, 0) is 0 Å². The number of hydrogen-bond donors (Lipinski definition) is 1. The van der Waals surface area contributed by atoms with Gasteiger partial charge in [-0.05, 0) is 24.3 Å². The standard InChI is InChI=1S/C22H16N4O/c1-27-16-10-11-17-20(13-16)25-22(18(14-23)19-9-5-6-12-24-19)26-21(17)15-7-3-2-4-8-15/h2-13,25H,1H3/b22-18+. The summed E-state index contributed by atoms with van der Waals surface area (Å²) in [6.07, 6.45) is 1.66. The molecular weight excluding hydrogens is 336 g/mol. The summed E-state index contributed by atoms with van der Waals surface area (Å²) in [5, 5.41) is 13.0. The summed E-state index contributed by atoms with van der Waals surface area (Å²) in [6.45, 7) is 0. The molecule has 0 amide bonds. The highest BCUT2D eigenvalue weighted by Gasteiger charge is 2.22. The zero-order chi connectivity index (χ0) is 18.6. The second-order valence-electron chi connectivity index (χ2n) is 5.91. The average molecular weight is 352 g/mol. The summed E-state index contributed by atoms with van der Waals surface area (Å²) in [5.41, 5.74) is 4.51. The Morgan fingerprint density at radius 3 is 2.56 bits per heavy atom. The summed E-state index contributed by atoms with van der Waals surface area (Å²) in [4.78, 5) is 9.08. The second kappa shape index (κ2) is 7.14. The maximum absolute atomic E-state index is 9.76. The van der Waals surface area contributed by atoms with Crippen molar-refractivity contribution in [1.29, 1.82) is 5.26 Å². The third-order valence-corrected chi connectivity index (χ3v) is 4.28. The van der Waals surface area contributed by atoms with Crippen LogP contribution in [0.1, 0.15) is 16.8 Å². The van der Waals surface area contributed by atoms with E-state index in [4.69, 9.17) is 9.73 Å². The van der Waals surface area contributed by atoms with Gasteiger partial charge >= 0.3 is 0 Å². The van der Waals surface area contributed by atoms with Gasteiger partial charge in [-0.1, -0.05) is 36.4 Å². The van der Waals surface area contributed by atoms with Crippen molar-refractivity contribution in [3.63, 3.8) is 0 Å². The number of pyridine rings is 1. The number of rotatable bonds is 3. The zero-order valence-corrected chi connectivity index (χ0v) is 14.7. The number of methoxy groups -OCH3 is 1. The van der Waals surface area contributed by atoms with E-state index < -0.39 is 0 Å². The maximum Gasteiger partial charge on any atom is 0.151 e. The maximum atomic E-state index is 9.76. The van der Waals surface area contributed by atoms with Crippen molar-refractivity contribution < 1.29 is 4.74 Å². The van der Waals surface area contributed by atoms with Gasteiger partial charge in [0.1, 0.15) is 17.4 Å². The number of benzene rings is 2. The van der Waals surface area contributed by atoms with Gasteiger partial charge in [-0.15, -0.1) is 0 Å². The molecule has 130 valence electrons. The molecule has 2 heterocycles. The van der Waals surface area contributed by atoms with Gasteiger partial charge in [-0.2, -0.15) is 5.26 Å². The first-order chi connectivity index (χ1) is 13.3. The van der Waals surface area contributed by atoms with E-state index in [1.54, 1.807) is 19.4 Å². The van der Waals surface area contributed by atoms with E-state index in [1.807, 2.05) is 60.7 Å². The molecule has 27 heavy (non-hydrogen) atoms. The normalized spacial score (nSPS) is 14.3. The van der Waals surface area contributed by atoms with Crippen LogP contribution in [0.5, 0.6) is 5.75 Å². The van der Waals surface area contributed by atoms with Crippen molar-refractivity contribution >= 4 is 17.0 Å². The van der Waals surface area contributed by atoms with Crippen molar-refractivity contribution in [2.24, 2.45) is 4.99 Å². The van der Waals surface area contributed by atoms with Gasteiger partial charge in [0, 0.05) is 23.4 Å². The number of nitriles is 1. The van der Waals surface area contributed by atoms with Crippen molar-refractivity contribution in [1.82, 2.24) is 4.98 Å². The lowest BCUT2D eigenvalue weighted by Crippen LogP contribution is -2.16. The molecule has 0 fully saturated rings. The van der Waals surface area contributed by atoms with E-state index in [0.29, 0.717) is 17.1 Å². The van der Waals surface area contributed by atoms with Crippen LogP contribution in [0.15, 0.2) is 83.7 Å². The topological polar surface area (TPSA) is 70.3 Å². The molecule has 2 aromatic carbocycles. The first-order valence-electron chi connectivity index (χ1n) is 8.45. The molecule has 4 rings (SSSR count). The molecule has 5 heteroatoms. The van der Waals surface area contributed by atoms with Gasteiger partial charge in [-0.25, -0.2) is 4.99 Å². The summed E-state index contributed by atoms with van der Waals surface area (Å²) >= 11 is 0. The minimum absolute atomic E-state index is 0.387. The molecule has 0 atom stereocenters. The smallest absolute Gasteiger partial charge is 0.151 e. The van der Waals surface area contributed by atoms with Crippen molar-refractivity contribution in [2.75, 3.05) is 12.4 Å². The van der Waals surface area contributed by atoms with Gasteiger partial charge in [0.15, 0.2) is 5.82 Å². The van der Waals surface area contributed by atoms with Crippen LogP contribution < -0.4 is 10.1 Å². The number of aliphatic imine (C=N–C) groups is 1. The first kappa shape index (κ1) is 16.6. The van der Waals surface area contributed by atoms with Crippen LogP contribution in [0, 0.1) is 11.3 Å². The molecule has 0 spiro atoms. The predicted molar refractivity (Wildman–Crippen MR) is 105 cm³/mol. The highest BCUT2D eigenvalue weighted by molar-refractivity contribution is 6.18. The van der Waals surface area contributed by atoms with Gasteiger partial charge in [0.05, 0.1) is 24.2 Å². The Kier molecular flexibility index (Phi) is 4.38. The summed E-state index contributed by atoms with van der Waals surface area (Å²) in [7, 11) is 1.63. The molecule has 1 aromatic heterocycles. The van der Waals surface area contributed by atoms with E-state index in [0.717, 1.165) is 28.3 Å². The van der Waals surface area contributed by atoms with E-state index in [2.05, 4.69) is 16.4 Å². The monoisotopic (exact) mass is 352 g/mol. The van der Waals surface area contributed by atoms with Crippen molar-refractivity contribution in [3.8, 4) is 11.8 Å². The number of hydrogen-bond acceptors (Lipinski definition) is 5. The second-order valence-corrected chi connectivity index (χ2v) is 5.91. The molecule has 1 aliphatic heterocycles. The Balaban J connectivity index is 1.95. The van der Waals surface area contributed by atoms with E-state index >= 15 is 0 Å². The fourth-order valence-corrected chi connectivity index (χ4v) is 2.96. The lowest BCUT2D eigenvalue weighted by Gasteiger charge is -2.22. The fourth-order valence-electron chi connectivity index (χ4n) is 2.96. The Labute approximate surface area is 157 Å². The van der Waals surface area contributed by atoms with E-state index in [1.165, 1.54) is 0 Å². The highest BCUT2D eigenvalue weighted by Crippen LogP contribution is 2.32. The van der Waals surface area contributed by atoms with Crippen molar-refractivity contribution in [3.05, 3.63) is 95.6 Å². The highest BCUT2D eigenvalue weighted by atomic mass is 16.5. The first-order valence-corrected chi connectivity index (χ1v) is 8.45. The molecule has 5 nitrogen and oxygen atoms in total. The summed E-state index contributed by atoms with van der Waals surface area (Å²) in [6, 6.07) is 23.4. The Morgan fingerprint density at radius 2 is 1.85 bits per heavy atom. The van der Waals surface area contributed by atoms with Crippen LogP contribution in [0.3, 0.4) is 0 Å². The number of anilines is 1. The lowest BCUT2D eigenvalue weighted by molar-refractivity contribution is 0.415. The SMILES string of the molecule is COc1ccc2c(c1)N/C(=C(/C#N)c1ccccn1)N=C2c1ccccc1. The Hall–Kier alpha value is -3.91. The van der Waals surface area contributed by atoms with E-state index in [-0.39, 0.29) is 0 Å². The van der Waals surface area contributed by atoms with Crippen LogP contribution in [0.2, 0.25) is 0 Å². The molecule has 0 saturated carbocycles. The number of nitrogens with one attached hydrogen (secondary N) is 1. The fraction of sp³-hybridized carbons (Fsp3) is 0.0455. The summed E-state index contributed by atoms with van der Waals surface area (Å²) < 4.78 is 5.35. The Bertz CT molecular complexity index is 1080. The average Bonchev–Trinajstić information content (AvgIpc) is 2.74. The number of ether oxygens (including phenoxy) is 1. The molecule has 0 aliphatic carbocycles. The number of nitrogens with zero attached hydrogens (tertiary/aromatic N) is 3. The lowest BCUT2D eigenvalue weighted by atomic mass is 9.98. The van der Waals surface area contributed by atoms with Gasteiger partial charge in [0.2, 0.25) is 0 Å². The Morgan fingerprint density at radius 1 is 1.04 bits per heavy atom. The van der Waals surface area contributed by atoms with Crippen LogP contribution in [0.25, 0.3) is 5.57 Å². The molecule has 1 aliphatic rings. The molecule has 1 N–H and O–H groups in total. The molecule has 3 aromatic rings. The van der Waals surface area contributed by atoms with E-state index in [9.17, 15) is 5.26 Å². The summed E-state index contributed by atoms with van der Waals surface area (Å²) in [5.74, 6) is 1.20. The largest absolute Gasteiger partial charge is 0.497 e. The molecular formula is C22H16N4O. The van der Waals surface area contributed by atoms with Crippen LogP contribution >= 0.6 is 0 Å². The molecule has 0 radical (unpaired) electrons. The molecule has 0 saturated heterocycles. The number of allylic oxidation sites excluding steroid dienone is 1. The zero-order valence-electron chi connectivity index (χ0n) is 14.7. The van der Waals surface area contributed by atoms with Gasteiger partial charge in [-0.3, -0.25) is 4.98 Å². The van der Waals surface area contributed by atoms with Gasteiger partial charge in [0.25, 0.3) is 0 Å². The van der Waals surface area contributed by atoms with Crippen LogP contribution in [-0.4, -0.2) is 17.8 Å². The quantitative estimate of drug-likeness (QED) is 0.716. The minimum Gasteiger partial charge on any atom is -0.497 e. The number of aromatic nitrogens is 1. The van der Waals surface area contributed by atoms with Gasteiger partial charge < -0.3 is 10.1 Å². The predicted octanol–water partition coefficient (Wildman–Crippen LogP) is 4.25. The third-order valence-electron chi connectivity index (χ3n) is 4.28.